The van der Waals surface area contributed by atoms with Gasteiger partial charge in [0.05, 0.1) is 11.4 Å². The highest BCUT2D eigenvalue weighted by molar-refractivity contribution is 5.95. The quantitative estimate of drug-likeness (QED) is 0.798. The molecule has 1 unspecified atom stereocenters. The highest BCUT2D eigenvalue weighted by Gasteiger charge is 2.26. The number of hydrogen-bond donors (Lipinski definition) is 2. The number of anilines is 3. The molecule has 1 atom stereocenters. The number of rotatable bonds is 2. The van der Waals surface area contributed by atoms with Crippen LogP contribution >= 0.6 is 0 Å². The van der Waals surface area contributed by atoms with Crippen LogP contribution in [0, 0.1) is 0 Å². The molecule has 3 N–H and O–H groups in total. The SMILES string of the molecule is CN(C)C1CCN(c2cc3c(cc2N)CCC(=O)N3)C1. The van der Waals surface area contributed by atoms with Crippen LogP contribution in [0.1, 0.15) is 18.4 Å². The normalized spacial score (nSPS) is 22.1. The fourth-order valence-corrected chi connectivity index (χ4v) is 3.09. The van der Waals surface area contributed by atoms with E-state index in [0.29, 0.717) is 12.5 Å². The number of aryl methyl sites for hydroxylation is 1. The second kappa shape index (κ2) is 4.98. The van der Waals surface area contributed by atoms with Gasteiger partial charge in [-0.1, -0.05) is 0 Å². The van der Waals surface area contributed by atoms with Crippen LogP contribution < -0.4 is 16.0 Å². The van der Waals surface area contributed by atoms with Crippen molar-refractivity contribution in [3.8, 4) is 0 Å². The highest BCUT2D eigenvalue weighted by atomic mass is 16.1. The molecule has 1 aromatic rings. The van der Waals surface area contributed by atoms with Crippen LogP contribution in [0.2, 0.25) is 0 Å². The smallest absolute Gasteiger partial charge is 0.224 e. The monoisotopic (exact) mass is 274 g/mol. The third kappa shape index (κ3) is 2.33. The summed E-state index contributed by atoms with van der Waals surface area (Å²) in [5.74, 6) is 0.0980. The molecule has 5 nitrogen and oxygen atoms in total. The molecule has 108 valence electrons. The molecule has 20 heavy (non-hydrogen) atoms. The summed E-state index contributed by atoms with van der Waals surface area (Å²) in [6, 6.07) is 4.63. The molecule has 2 heterocycles. The zero-order valence-electron chi connectivity index (χ0n) is 12.1. The lowest BCUT2D eigenvalue weighted by Gasteiger charge is -2.26. The molecule has 0 spiro atoms. The summed E-state index contributed by atoms with van der Waals surface area (Å²) in [7, 11) is 4.23. The minimum atomic E-state index is 0.0980. The van der Waals surface area contributed by atoms with Crippen molar-refractivity contribution in [1.82, 2.24) is 4.90 Å². The number of carbonyl (C=O) groups is 1. The molecule has 1 fully saturated rings. The Kier molecular flexibility index (Phi) is 3.30. The van der Waals surface area contributed by atoms with Gasteiger partial charge in [0, 0.05) is 31.2 Å². The maximum absolute atomic E-state index is 11.5. The van der Waals surface area contributed by atoms with Crippen LogP contribution in [0.5, 0.6) is 0 Å². The van der Waals surface area contributed by atoms with E-state index < -0.39 is 0 Å². The van der Waals surface area contributed by atoms with Gasteiger partial charge in [0.25, 0.3) is 0 Å². The number of nitrogen functional groups attached to an aromatic ring is 1. The number of benzene rings is 1. The zero-order chi connectivity index (χ0) is 14.3. The van der Waals surface area contributed by atoms with Crippen LogP contribution in [0.15, 0.2) is 12.1 Å². The molecule has 5 heteroatoms. The van der Waals surface area contributed by atoms with Crippen LogP contribution in [0.4, 0.5) is 17.1 Å². The van der Waals surface area contributed by atoms with Gasteiger partial charge in [0.1, 0.15) is 0 Å². The summed E-state index contributed by atoms with van der Waals surface area (Å²) in [4.78, 5) is 16.1. The van der Waals surface area contributed by atoms with Crippen LogP contribution in [-0.2, 0) is 11.2 Å². The molecule has 0 radical (unpaired) electrons. The molecular formula is C15H22N4O. The molecular weight excluding hydrogens is 252 g/mol. The van der Waals surface area contributed by atoms with Gasteiger partial charge in [-0.2, -0.15) is 0 Å². The first-order valence-electron chi connectivity index (χ1n) is 7.18. The number of nitrogens with zero attached hydrogens (tertiary/aromatic N) is 2. The van der Waals surface area contributed by atoms with Gasteiger partial charge in [-0.05, 0) is 44.6 Å². The van der Waals surface area contributed by atoms with Gasteiger partial charge in [-0.15, -0.1) is 0 Å². The van der Waals surface area contributed by atoms with Gasteiger partial charge in [-0.3, -0.25) is 4.79 Å². The van der Waals surface area contributed by atoms with E-state index in [1.165, 1.54) is 0 Å². The number of hydrogen-bond acceptors (Lipinski definition) is 4. The predicted octanol–water partition coefficient (Wildman–Crippen LogP) is 1.29. The Balaban J connectivity index is 1.87. The Morgan fingerprint density at radius 3 is 2.85 bits per heavy atom. The highest BCUT2D eigenvalue weighted by Crippen LogP contribution is 2.35. The Morgan fingerprint density at radius 1 is 1.35 bits per heavy atom. The fraction of sp³-hybridized carbons (Fsp3) is 0.533. The lowest BCUT2D eigenvalue weighted by molar-refractivity contribution is -0.116. The second-order valence-electron chi connectivity index (χ2n) is 5.97. The number of carbonyl (C=O) groups excluding carboxylic acids is 1. The van der Waals surface area contributed by atoms with Crippen molar-refractivity contribution in [3.05, 3.63) is 17.7 Å². The number of likely N-dealkylation sites (N-methyl/N-ethyl adjacent to an activating group) is 1. The molecule has 3 rings (SSSR count). The third-order valence-corrected chi connectivity index (χ3v) is 4.38. The molecule has 2 aliphatic rings. The van der Waals surface area contributed by atoms with Crippen molar-refractivity contribution in [2.75, 3.05) is 43.1 Å². The standard InChI is InChI=1S/C15H22N4O/c1-18(2)11-5-6-19(9-11)14-8-13-10(7-12(14)16)3-4-15(20)17-13/h7-8,11H,3-6,9,16H2,1-2H3,(H,17,20). The molecule has 1 aromatic carbocycles. The van der Waals surface area contributed by atoms with E-state index in [2.05, 4.69) is 29.2 Å². The summed E-state index contributed by atoms with van der Waals surface area (Å²) in [6.45, 7) is 2.00. The predicted molar refractivity (Wildman–Crippen MR) is 82.1 cm³/mol. The number of nitrogens with two attached hydrogens (primary N) is 1. The van der Waals surface area contributed by atoms with Gasteiger partial charge in [-0.25, -0.2) is 0 Å². The Bertz CT molecular complexity index is 541. The van der Waals surface area contributed by atoms with Gasteiger partial charge < -0.3 is 20.9 Å². The van der Waals surface area contributed by atoms with Crippen LogP contribution in [0.25, 0.3) is 0 Å². The van der Waals surface area contributed by atoms with E-state index in [9.17, 15) is 4.79 Å². The van der Waals surface area contributed by atoms with Crippen molar-refractivity contribution in [2.24, 2.45) is 0 Å². The van der Waals surface area contributed by atoms with E-state index in [1.54, 1.807) is 0 Å². The first kappa shape index (κ1) is 13.2. The average Bonchev–Trinajstić information content (AvgIpc) is 2.88. The van der Waals surface area contributed by atoms with Crippen molar-refractivity contribution in [1.29, 1.82) is 0 Å². The maximum atomic E-state index is 11.5. The lowest BCUT2D eigenvalue weighted by atomic mass is 10.0. The Labute approximate surface area is 119 Å². The molecule has 0 bridgehead atoms. The van der Waals surface area contributed by atoms with Gasteiger partial charge >= 0.3 is 0 Å². The van der Waals surface area contributed by atoms with Crippen LogP contribution in [0.3, 0.4) is 0 Å². The largest absolute Gasteiger partial charge is 0.397 e. The van der Waals surface area contributed by atoms with Gasteiger partial charge in [0.2, 0.25) is 5.91 Å². The molecule has 2 aliphatic heterocycles. The zero-order valence-corrected chi connectivity index (χ0v) is 12.1. The fourth-order valence-electron chi connectivity index (χ4n) is 3.09. The molecule has 0 aliphatic carbocycles. The first-order chi connectivity index (χ1) is 9.54. The Hall–Kier alpha value is -1.75. The van der Waals surface area contributed by atoms with Crippen molar-refractivity contribution >= 4 is 23.0 Å². The van der Waals surface area contributed by atoms with Crippen molar-refractivity contribution in [3.63, 3.8) is 0 Å². The topological polar surface area (TPSA) is 61.6 Å². The van der Waals surface area contributed by atoms with E-state index in [-0.39, 0.29) is 5.91 Å². The van der Waals surface area contributed by atoms with Gasteiger partial charge in [0.15, 0.2) is 0 Å². The van der Waals surface area contributed by atoms with E-state index in [1.807, 2.05) is 12.1 Å². The summed E-state index contributed by atoms with van der Waals surface area (Å²) < 4.78 is 0. The minimum absolute atomic E-state index is 0.0980. The lowest BCUT2D eigenvalue weighted by Crippen LogP contribution is -2.31. The molecule has 1 saturated heterocycles. The molecule has 0 aromatic heterocycles. The van der Waals surface area contributed by atoms with E-state index in [4.69, 9.17) is 5.73 Å². The van der Waals surface area contributed by atoms with Crippen LogP contribution in [-0.4, -0.2) is 44.0 Å². The van der Waals surface area contributed by atoms with Crippen molar-refractivity contribution < 1.29 is 4.79 Å². The Morgan fingerprint density at radius 2 is 2.15 bits per heavy atom. The molecule has 0 saturated carbocycles. The molecule has 1 amide bonds. The minimum Gasteiger partial charge on any atom is -0.397 e. The number of fused-ring (bicyclic) bond motifs is 1. The summed E-state index contributed by atoms with van der Waals surface area (Å²) >= 11 is 0. The average molecular weight is 274 g/mol. The van der Waals surface area contributed by atoms with E-state index in [0.717, 1.165) is 48.6 Å². The van der Waals surface area contributed by atoms with Crippen molar-refractivity contribution in [2.45, 2.75) is 25.3 Å². The number of amides is 1. The van der Waals surface area contributed by atoms with E-state index >= 15 is 0 Å². The first-order valence-corrected chi connectivity index (χ1v) is 7.18. The summed E-state index contributed by atoms with van der Waals surface area (Å²) in [5.41, 5.74) is 10.2. The maximum Gasteiger partial charge on any atom is 0.224 e. The summed E-state index contributed by atoms with van der Waals surface area (Å²) in [6.07, 6.45) is 2.49. The summed E-state index contributed by atoms with van der Waals surface area (Å²) in [5, 5.41) is 2.95. The third-order valence-electron chi connectivity index (χ3n) is 4.38. The second-order valence-corrected chi connectivity index (χ2v) is 5.97. The number of nitrogens with one attached hydrogen (secondary N) is 1.